The van der Waals surface area contributed by atoms with Crippen molar-refractivity contribution in [2.75, 3.05) is 91.6 Å². The molecule has 0 radical (unpaired) electrons. The average molecular weight is 584 g/mol. The highest BCUT2D eigenvalue weighted by atomic mass is 16.6. The van der Waals surface area contributed by atoms with Gasteiger partial charge < -0.3 is 38.9 Å². The van der Waals surface area contributed by atoms with Gasteiger partial charge in [-0.25, -0.2) is 0 Å². The third kappa shape index (κ3) is 27.2. The second-order valence-electron chi connectivity index (χ2n) is 10.3. The van der Waals surface area contributed by atoms with Gasteiger partial charge in [-0.3, -0.25) is 0 Å². The molecule has 1 rings (SSSR count). The lowest BCUT2D eigenvalue weighted by Gasteiger charge is -2.09. The highest BCUT2D eigenvalue weighted by Crippen LogP contribution is 2.19. The quantitative estimate of drug-likeness (QED) is 0.0711. The summed E-state index contributed by atoms with van der Waals surface area (Å²) in [6.07, 6.45) is 17.8. The lowest BCUT2D eigenvalue weighted by molar-refractivity contribution is -0.0179. The molecule has 8 heteroatoms. The first-order chi connectivity index (χ1) is 20.3. The van der Waals surface area contributed by atoms with Crippen LogP contribution >= 0.6 is 0 Å². The zero-order chi connectivity index (χ0) is 29.3. The van der Waals surface area contributed by atoms with Gasteiger partial charge in [0.15, 0.2) is 0 Å². The summed E-state index contributed by atoms with van der Waals surface area (Å²) in [5.74, 6) is 0.682. The van der Waals surface area contributed by atoms with Crippen LogP contribution < -0.4 is 10.5 Å². The third-order valence-electron chi connectivity index (χ3n) is 6.66. The van der Waals surface area contributed by atoms with E-state index < -0.39 is 0 Å². The van der Waals surface area contributed by atoms with Crippen LogP contribution in [0.15, 0.2) is 24.3 Å². The first kappa shape index (κ1) is 37.6. The highest BCUT2D eigenvalue weighted by molar-refractivity contribution is 5.51. The van der Waals surface area contributed by atoms with Gasteiger partial charge in [0.25, 0.3) is 0 Å². The normalized spacial score (nSPS) is 11.3. The van der Waals surface area contributed by atoms with Crippen molar-refractivity contribution >= 4 is 5.69 Å². The van der Waals surface area contributed by atoms with Crippen molar-refractivity contribution in [1.82, 2.24) is 0 Å². The topological polar surface area (TPSA) is 90.6 Å². The van der Waals surface area contributed by atoms with Gasteiger partial charge in [0.05, 0.1) is 78.4 Å². The van der Waals surface area contributed by atoms with Crippen LogP contribution in [0.4, 0.5) is 5.69 Å². The molecule has 8 nitrogen and oxygen atoms in total. The minimum atomic E-state index is 0.454. The SMILES string of the molecule is CCCCCCCCCCCCCCCOCCOCCOCCOCCOCCOCCOc1ccccc1N. The Kier molecular flexibility index (Phi) is 28.9. The van der Waals surface area contributed by atoms with E-state index in [0.29, 0.717) is 90.7 Å². The molecule has 0 saturated heterocycles. The number of ether oxygens (including phenoxy) is 7. The minimum absolute atomic E-state index is 0.454. The molecule has 0 unspecified atom stereocenters. The van der Waals surface area contributed by atoms with E-state index >= 15 is 0 Å². The predicted octanol–water partition coefficient (Wildman–Crippen LogP) is 6.84. The molecule has 2 N–H and O–H groups in total. The molecule has 0 aliphatic carbocycles. The Morgan fingerprint density at radius 2 is 0.756 bits per heavy atom. The Labute approximate surface area is 250 Å². The van der Waals surface area contributed by atoms with E-state index in [-0.39, 0.29) is 0 Å². The number of nitrogens with two attached hydrogens (primary N) is 1. The van der Waals surface area contributed by atoms with E-state index in [4.69, 9.17) is 38.9 Å². The fourth-order valence-corrected chi connectivity index (χ4v) is 4.25. The van der Waals surface area contributed by atoms with Crippen LogP contribution in [-0.2, 0) is 28.4 Å². The molecule has 0 aliphatic heterocycles. The van der Waals surface area contributed by atoms with Crippen LogP contribution in [-0.4, -0.2) is 85.9 Å². The standard InChI is InChI=1S/C33H61NO7/c1-2-3-4-5-6-7-8-9-10-11-12-13-16-19-35-20-21-36-22-23-37-24-25-38-26-27-39-28-29-40-30-31-41-33-18-15-14-17-32(33)34/h14-15,17-18H,2-13,16,19-31,34H2,1H3. The van der Waals surface area contributed by atoms with Gasteiger partial charge >= 0.3 is 0 Å². The van der Waals surface area contributed by atoms with Gasteiger partial charge in [-0.05, 0) is 18.6 Å². The zero-order valence-corrected chi connectivity index (χ0v) is 26.1. The molecule has 0 fully saturated rings. The Balaban J connectivity index is 1.64. The minimum Gasteiger partial charge on any atom is -0.489 e. The van der Waals surface area contributed by atoms with Gasteiger partial charge in [0.2, 0.25) is 0 Å². The lowest BCUT2D eigenvalue weighted by atomic mass is 10.0. The summed E-state index contributed by atoms with van der Waals surface area (Å²) in [4.78, 5) is 0. The molecule has 0 bridgehead atoms. The fourth-order valence-electron chi connectivity index (χ4n) is 4.25. The monoisotopic (exact) mass is 583 g/mol. The van der Waals surface area contributed by atoms with Crippen molar-refractivity contribution in [3.05, 3.63) is 24.3 Å². The number of rotatable bonds is 33. The number of hydrogen-bond acceptors (Lipinski definition) is 8. The second-order valence-corrected chi connectivity index (χ2v) is 10.3. The van der Waals surface area contributed by atoms with Gasteiger partial charge in [-0.2, -0.15) is 0 Å². The summed E-state index contributed by atoms with van der Waals surface area (Å²) >= 11 is 0. The molecule has 1 aromatic carbocycles. The van der Waals surface area contributed by atoms with Crippen LogP contribution in [0.5, 0.6) is 5.75 Å². The van der Waals surface area contributed by atoms with Crippen LogP contribution in [0, 0.1) is 0 Å². The molecule has 0 atom stereocenters. The first-order valence-electron chi connectivity index (χ1n) is 16.3. The van der Waals surface area contributed by atoms with E-state index in [1.54, 1.807) is 0 Å². The second kappa shape index (κ2) is 31.5. The molecule has 240 valence electrons. The Morgan fingerprint density at radius 1 is 0.415 bits per heavy atom. The molecule has 1 aromatic rings. The Bertz CT molecular complexity index is 650. The predicted molar refractivity (Wildman–Crippen MR) is 167 cm³/mol. The van der Waals surface area contributed by atoms with Crippen LogP contribution in [0.3, 0.4) is 0 Å². The summed E-state index contributed by atoms with van der Waals surface area (Å²) in [7, 11) is 0. The maximum atomic E-state index is 5.82. The fraction of sp³-hybridized carbons (Fsp3) is 0.818. The van der Waals surface area contributed by atoms with Gasteiger partial charge in [0.1, 0.15) is 12.4 Å². The van der Waals surface area contributed by atoms with Crippen molar-refractivity contribution in [1.29, 1.82) is 0 Å². The van der Waals surface area contributed by atoms with Gasteiger partial charge in [0, 0.05) is 6.61 Å². The first-order valence-corrected chi connectivity index (χ1v) is 16.3. The van der Waals surface area contributed by atoms with Crippen LogP contribution in [0.2, 0.25) is 0 Å². The van der Waals surface area contributed by atoms with Crippen molar-refractivity contribution in [2.24, 2.45) is 0 Å². The zero-order valence-electron chi connectivity index (χ0n) is 26.1. The molecular formula is C33H61NO7. The van der Waals surface area contributed by atoms with Crippen molar-refractivity contribution in [3.8, 4) is 5.75 Å². The molecule has 0 aliphatic rings. The smallest absolute Gasteiger partial charge is 0.142 e. The molecule has 0 saturated carbocycles. The molecule has 41 heavy (non-hydrogen) atoms. The van der Waals surface area contributed by atoms with Gasteiger partial charge in [-0.15, -0.1) is 0 Å². The molecule has 0 heterocycles. The number of hydrogen-bond donors (Lipinski definition) is 1. The number of para-hydroxylation sites is 2. The van der Waals surface area contributed by atoms with Crippen LogP contribution in [0.25, 0.3) is 0 Å². The summed E-state index contributed by atoms with van der Waals surface area (Å²) in [6, 6.07) is 7.42. The summed E-state index contributed by atoms with van der Waals surface area (Å²) in [5, 5.41) is 0. The van der Waals surface area contributed by atoms with E-state index in [2.05, 4.69) is 6.92 Å². The summed E-state index contributed by atoms with van der Waals surface area (Å²) in [6.45, 7) is 9.67. The van der Waals surface area contributed by atoms with E-state index in [1.807, 2.05) is 24.3 Å². The number of benzene rings is 1. The van der Waals surface area contributed by atoms with Crippen LogP contribution in [0.1, 0.15) is 90.4 Å². The maximum absolute atomic E-state index is 5.82. The van der Waals surface area contributed by atoms with Crippen molar-refractivity contribution in [2.45, 2.75) is 90.4 Å². The average Bonchev–Trinajstić information content (AvgIpc) is 2.98. The van der Waals surface area contributed by atoms with Gasteiger partial charge in [-0.1, -0.05) is 96.1 Å². The largest absolute Gasteiger partial charge is 0.489 e. The van der Waals surface area contributed by atoms with Crippen molar-refractivity contribution in [3.63, 3.8) is 0 Å². The maximum Gasteiger partial charge on any atom is 0.142 e. The van der Waals surface area contributed by atoms with E-state index in [0.717, 1.165) is 13.0 Å². The van der Waals surface area contributed by atoms with E-state index in [9.17, 15) is 0 Å². The highest BCUT2D eigenvalue weighted by Gasteiger charge is 1.99. The Morgan fingerprint density at radius 3 is 1.17 bits per heavy atom. The number of nitrogen functional groups attached to an aromatic ring is 1. The molecule has 0 spiro atoms. The molecule has 0 aromatic heterocycles. The number of anilines is 1. The lowest BCUT2D eigenvalue weighted by Crippen LogP contribution is -2.15. The summed E-state index contributed by atoms with van der Waals surface area (Å²) < 4.78 is 38.8. The molecule has 0 amide bonds. The molecular weight excluding hydrogens is 522 g/mol. The Hall–Kier alpha value is -1.42. The van der Waals surface area contributed by atoms with E-state index in [1.165, 1.54) is 77.0 Å². The van der Waals surface area contributed by atoms with Crippen molar-refractivity contribution < 1.29 is 33.2 Å². The summed E-state index contributed by atoms with van der Waals surface area (Å²) in [5.41, 5.74) is 6.45. The number of unbranched alkanes of at least 4 members (excludes halogenated alkanes) is 12. The third-order valence-corrected chi connectivity index (χ3v) is 6.66.